The molecule has 0 N–H and O–H groups in total. The number of fused-ring (bicyclic) bond motifs is 1. The van der Waals surface area contributed by atoms with Crippen molar-refractivity contribution in [1.29, 1.82) is 5.26 Å². The van der Waals surface area contributed by atoms with Gasteiger partial charge in [-0.1, -0.05) is 11.4 Å². The number of nitriles is 1. The average molecular weight is 328 g/mol. The highest BCUT2D eigenvalue weighted by Gasteiger charge is 2.39. The maximum Gasteiger partial charge on any atom is 0.199 e. The van der Waals surface area contributed by atoms with Crippen molar-refractivity contribution >= 4 is 34.6 Å². The van der Waals surface area contributed by atoms with E-state index in [1.165, 1.54) is 0 Å². The summed E-state index contributed by atoms with van der Waals surface area (Å²) in [6.07, 6.45) is 4.06. The van der Waals surface area contributed by atoms with Crippen molar-refractivity contribution in [1.82, 2.24) is 9.57 Å². The lowest BCUT2D eigenvalue weighted by molar-refractivity contribution is 0.0683. The van der Waals surface area contributed by atoms with Crippen molar-refractivity contribution in [2.24, 2.45) is 4.76 Å². The Morgan fingerprint density at radius 3 is 2.80 bits per heavy atom. The Balaban J connectivity index is 2.05. The molecular formula is C12H17N4OPS2. The van der Waals surface area contributed by atoms with E-state index in [1.54, 1.807) is 11.4 Å². The maximum absolute atomic E-state index is 9.58. The first-order chi connectivity index (χ1) is 9.69. The van der Waals surface area contributed by atoms with Crippen LogP contribution in [-0.2, 0) is 16.5 Å². The zero-order chi connectivity index (χ0) is 14.2. The predicted molar refractivity (Wildman–Crippen MR) is 86.2 cm³/mol. The molecule has 2 fully saturated rings. The van der Waals surface area contributed by atoms with Crippen LogP contribution >= 0.6 is 16.9 Å². The van der Waals surface area contributed by atoms with Crippen molar-refractivity contribution in [3.05, 3.63) is 11.3 Å². The summed E-state index contributed by atoms with van der Waals surface area (Å²) in [7, 11) is 0. The van der Waals surface area contributed by atoms with E-state index in [9.17, 15) is 5.26 Å². The molecule has 108 valence electrons. The second-order valence-electron chi connectivity index (χ2n) is 4.86. The smallest absolute Gasteiger partial charge is 0.199 e. The van der Waals surface area contributed by atoms with E-state index in [0.29, 0.717) is 13.2 Å². The fourth-order valence-corrected chi connectivity index (χ4v) is 6.93. The molecule has 0 bridgehead atoms. The lowest BCUT2D eigenvalue weighted by Crippen LogP contribution is -2.43. The summed E-state index contributed by atoms with van der Waals surface area (Å²) >= 11 is 7.52. The van der Waals surface area contributed by atoms with E-state index in [-0.39, 0.29) is 0 Å². The standard InChI is InChI=1S/C12H17N4OPS2/c1-20-18(19)14-12(15-5-7-17-8-6-15)10(9-13)11-3-2-4-16(11)18/h2-8H2,1H3/t18-/m0/s1. The first kappa shape index (κ1) is 14.4. The molecule has 0 saturated carbocycles. The van der Waals surface area contributed by atoms with Crippen molar-refractivity contribution in [2.45, 2.75) is 12.8 Å². The first-order valence-electron chi connectivity index (χ1n) is 6.70. The van der Waals surface area contributed by atoms with E-state index < -0.39 is 5.54 Å². The van der Waals surface area contributed by atoms with Gasteiger partial charge in [-0.25, -0.2) is 4.76 Å². The summed E-state index contributed by atoms with van der Waals surface area (Å²) in [5.74, 6) is 0.821. The number of allylic oxidation sites excluding steroid dienone is 1. The molecule has 1 atom stereocenters. The van der Waals surface area contributed by atoms with Gasteiger partial charge >= 0.3 is 0 Å². The molecule has 5 nitrogen and oxygen atoms in total. The van der Waals surface area contributed by atoms with Crippen LogP contribution in [0.25, 0.3) is 0 Å². The van der Waals surface area contributed by atoms with Crippen LogP contribution in [0, 0.1) is 11.3 Å². The number of ether oxygens (including phenoxy) is 1. The SMILES string of the molecule is CS[P@@]1(=S)N=C(N2CCOCC2)C(C#N)=C2CCCN21. The first-order valence-corrected chi connectivity index (χ1v) is 11.2. The number of morpholine rings is 1. The van der Waals surface area contributed by atoms with Gasteiger partial charge in [-0.05, 0) is 30.9 Å². The molecule has 0 aromatic heterocycles. The summed E-state index contributed by atoms with van der Waals surface area (Å²) in [6, 6.07) is 2.37. The highest BCUT2D eigenvalue weighted by atomic mass is 32.9. The van der Waals surface area contributed by atoms with Gasteiger partial charge in [0.15, 0.2) is 11.4 Å². The van der Waals surface area contributed by atoms with E-state index in [4.69, 9.17) is 21.3 Å². The van der Waals surface area contributed by atoms with Crippen LogP contribution in [-0.4, -0.2) is 54.5 Å². The molecule has 3 heterocycles. The summed E-state index contributed by atoms with van der Waals surface area (Å²) in [4.78, 5) is 2.17. The van der Waals surface area contributed by atoms with Crippen molar-refractivity contribution in [2.75, 3.05) is 39.1 Å². The van der Waals surface area contributed by atoms with Gasteiger partial charge in [0, 0.05) is 25.3 Å². The quantitative estimate of drug-likeness (QED) is 0.688. The summed E-state index contributed by atoms with van der Waals surface area (Å²) in [6.45, 7) is 3.92. The summed E-state index contributed by atoms with van der Waals surface area (Å²) < 4.78 is 12.5. The third-order valence-corrected chi connectivity index (χ3v) is 10.2. The third-order valence-electron chi connectivity index (χ3n) is 3.79. The molecule has 3 aliphatic rings. The van der Waals surface area contributed by atoms with Gasteiger partial charge in [0.25, 0.3) is 0 Å². The molecule has 0 amide bonds. The monoisotopic (exact) mass is 328 g/mol. The van der Waals surface area contributed by atoms with Crippen LogP contribution in [0.15, 0.2) is 16.0 Å². The topological polar surface area (TPSA) is 51.9 Å². The van der Waals surface area contributed by atoms with Gasteiger partial charge in [0.2, 0.25) is 0 Å². The second-order valence-corrected chi connectivity index (χ2v) is 11.7. The second kappa shape index (κ2) is 5.69. The van der Waals surface area contributed by atoms with Crippen LogP contribution in [0.2, 0.25) is 0 Å². The van der Waals surface area contributed by atoms with Gasteiger partial charge in [-0.3, -0.25) is 0 Å². The predicted octanol–water partition coefficient (Wildman–Crippen LogP) is 2.19. The number of amidine groups is 1. The van der Waals surface area contributed by atoms with Gasteiger partial charge in [0.05, 0.1) is 13.2 Å². The lowest BCUT2D eigenvalue weighted by Gasteiger charge is -2.38. The molecule has 0 spiro atoms. The maximum atomic E-state index is 9.58. The van der Waals surface area contributed by atoms with E-state index in [0.717, 1.165) is 49.6 Å². The van der Waals surface area contributed by atoms with E-state index in [1.807, 2.05) is 6.26 Å². The number of rotatable bonds is 1. The van der Waals surface area contributed by atoms with Crippen LogP contribution in [0.1, 0.15) is 12.8 Å². The molecule has 0 unspecified atom stereocenters. The molecule has 0 aromatic carbocycles. The van der Waals surface area contributed by atoms with Crippen LogP contribution in [0.3, 0.4) is 0 Å². The highest BCUT2D eigenvalue weighted by Crippen LogP contribution is 2.67. The van der Waals surface area contributed by atoms with Gasteiger partial charge in [0.1, 0.15) is 11.6 Å². The molecule has 0 aromatic rings. The average Bonchev–Trinajstić information content (AvgIpc) is 2.98. The molecular weight excluding hydrogens is 311 g/mol. The summed E-state index contributed by atoms with van der Waals surface area (Å²) in [5, 5.41) is 9.58. The minimum Gasteiger partial charge on any atom is -0.378 e. The molecule has 0 radical (unpaired) electrons. The Bertz CT molecular complexity index is 562. The lowest BCUT2D eigenvalue weighted by atomic mass is 10.1. The van der Waals surface area contributed by atoms with Gasteiger partial charge in [-0.2, -0.15) is 5.26 Å². The van der Waals surface area contributed by atoms with Crippen molar-refractivity contribution in [3.63, 3.8) is 0 Å². The molecule has 20 heavy (non-hydrogen) atoms. The normalized spacial score (nSPS) is 30.1. The Kier molecular flexibility index (Phi) is 4.09. The number of nitrogens with zero attached hydrogens (tertiary/aromatic N) is 4. The Labute approximate surface area is 128 Å². The van der Waals surface area contributed by atoms with Crippen LogP contribution in [0.5, 0.6) is 0 Å². The molecule has 3 aliphatic heterocycles. The third kappa shape index (κ3) is 2.29. The largest absolute Gasteiger partial charge is 0.378 e. The zero-order valence-electron chi connectivity index (χ0n) is 11.4. The van der Waals surface area contributed by atoms with E-state index >= 15 is 0 Å². The minimum absolute atomic E-state index is 0.693. The molecule has 2 saturated heterocycles. The number of hydrogen-bond donors (Lipinski definition) is 0. The van der Waals surface area contributed by atoms with Crippen molar-refractivity contribution < 1.29 is 4.74 Å². The fraction of sp³-hybridized carbons (Fsp3) is 0.667. The Morgan fingerprint density at radius 2 is 2.15 bits per heavy atom. The van der Waals surface area contributed by atoms with Crippen LogP contribution in [0.4, 0.5) is 0 Å². The molecule has 0 aliphatic carbocycles. The fourth-order valence-electron chi connectivity index (χ4n) is 2.80. The Morgan fingerprint density at radius 1 is 1.40 bits per heavy atom. The molecule has 3 rings (SSSR count). The van der Waals surface area contributed by atoms with E-state index in [2.05, 4.69) is 15.6 Å². The highest BCUT2D eigenvalue weighted by molar-refractivity contribution is 8.69. The summed E-state index contributed by atoms with van der Waals surface area (Å²) in [5.41, 5.74) is -0.130. The minimum atomic E-state index is -1.99. The Hall–Kier alpha value is -0.540. The van der Waals surface area contributed by atoms with Gasteiger partial charge < -0.3 is 14.3 Å². The zero-order valence-corrected chi connectivity index (χ0v) is 13.9. The molecule has 8 heteroatoms. The van der Waals surface area contributed by atoms with Crippen LogP contribution < -0.4 is 0 Å². The number of hydrogen-bond acceptors (Lipinski definition) is 5. The van der Waals surface area contributed by atoms with Gasteiger partial charge in [-0.15, -0.1) is 0 Å². The van der Waals surface area contributed by atoms with Crippen molar-refractivity contribution in [3.8, 4) is 6.07 Å².